The number of nitrogens with zero attached hydrogens (tertiary/aromatic N) is 4. The molecule has 6 nitrogen and oxygen atoms in total. The van der Waals surface area contributed by atoms with E-state index in [9.17, 15) is 0 Å². The molecule has 0 amide bonds. The van der Waals surface area contributed by atoms with Crippen molar-refractivity contribution in [2.75, 3.05) is 20.1 Å². The lowest BCUT2D eigenvalue weighted by atomic mass is 10.0. The molecule has 0 unspecified atom stereocenters. The zero-order chi connectivity index (χ0) is 21.3. The van der Waals surface area contributed by atoms with Gasteiger partial charge in [-0.2, -0.15) is 0 Å². The molecule has 32 heavy (non-hydrogen) atoms. The van der Waals surface area contributed by atoms with Crippen molar-refractivity contribution in [1.29, 1.82) is 0 Å². The fourth-order valence-corrected chi connectivity index (χ4v) is 3.90. The van der Waals surface area contributed by atoms with Crippen LogP contribution in [-0.4, -0.2) is 47.0 Å². The minimum Gasteiger partial charge on any atom is -0.354 e. The van der Waals surface area contributed by atoms with Gasteiger partial charge < -0.3 is 10.6 Å². The van der Waals surface area contributed by atoms with Crippen LogP contribution >= 0.6 is 24.0 Å². The van der Waals surface area contributed by atoms with Gasteiger partial charge in [-0.15, -0.1) is 24.0 Å². The largest absolute Gasteiger partial charge is 0.354 e. The summed E-state index contributed by atoms with van der Waals surface area (Å²) in [5, 5.41) is 7.05. The summed E-state index contributed by atoms with van der Waals surface area (Å²) < 4.78 is 0. The summed E-state index contributed by atoms with van der Waals surface area (Å²) in [5.74, 6) is 0.853. The standard InChI is InChI=1S/C25H30N6.HI/c1-26-25(29-18-20-7-6-8-21(17-20)24-10-3-5-14-28-24)30-22-11-15-31(16-12-22)19-23-9-2-4-13-27-23;/h2-10,13-14,17,22H,11-12,15-16,18-19H2,1H3,(H2,26,29,30);1H. The van der Waals surface area contributed by atoms with E-state index in [4.69, 9.17) is 0 Å². The van der Waals surface area contributed by atoms with E-state index >= 15 is 0 Å². The Kier molecular flexibility index (Phi) is 9.43. The van der Waals surface area contributed by atoms with Gasteiger partial charge in [0.05, 0.1) is 11.4 Å². The SMILES string of the molecule is CN=C(NCc1cccc(-c2ccccn2)c1)NC1CCN(Cc2ccccn2)CC1.I. The maximum absolute atomic E-state index is 4.45. The van der Waals surface area contributed by atoms with Gasteiger partial charge in [0, 0.05) is 57.2 Å². The van der Waals surface area contributed by atoms with Crippen molar-refractivity contribution in [2.45, 2.75) is 32.0 Å². The fourth-order valence-electron chi connectivity index (χ4n) is 3.90. The molecular formula is C25H31IN6. The molecule has 1 aliphatic heterocycles. The maximum atomic E-state index is 4.45. The molecule has 0 radical (unpaired) electrons. The van der Waals surface area contributed by atoms with Gasteiger partial charge in [0.1, 0.15) is 0 Å². The van der Waals surface area contributed by atoms with Crippen LogP contribution in [0.25, 0.3) is 11.3 Å². The number of halogens is 1. The lowest BCUT2D eigenvalue weighted by Crippen LogP contribution is -2.48. The molecule has 3 heterocycles. The summed E-state index contributed by atoms with van der Waals surface area (Å²) >= 11 is 0. The molecule has 0 spiro atoms. The third-order valence-corrected chi connectivity index (χ3v) is 5.61. The van der Waals surface area contributed by atoms with Gasteiger partial charge in [0.15, 0.2) is 5.96 Å². The Bertz CT molecular complexity index is 972. The number of hydrogen-bond donors (Lipinski definition) is 2. The monoisotopic (exact) mass is 542 g/mol. The first kappa shape index (κ1) is 24.1. The Labute approximate surface area is 207 Å². The van der Waals surface area contributed by atoms with Gasteiger partial charge in [0.25, 0.3) is 0 Å². The fraction of sp³-hybridized carbons (Fsp3) is 0.320. The van der Waals surface area contributed by atoms with E-state index in [-0.39, 0.29) is 24.0 Å². The van der Waals surface area contributed by atoms with Gasteiger partial charge in [-0.05, 0) is 48.7 Å². The molecule has 0 atom stereocenters. The van der Waals surface area contributed by atoms with E-state index in [2.05, 4.69) is 66.9 Å². The molecule has 0 bridgehead atoms. The Balaban J connectivity index is 0.00000289. The molecule has 3 aromatic rings. The van der Waals surface area contributed by atoms with Gasteiger partial charge in [0.2, 0.25) is 0 Å². The number of nitrogens with one attached hydrogen (secondary N) is 2. The first-order valence-corrected chi connectivity index (χ1v) is 10.9. The number of hydrogen-bond acceptors (Lipinski definition) is 4. The number of aromatic nitrogens is 2. The average Bonchev–Trinajstić information content (AvgIpc) is 2.84. The molecule has 1 saturated heterocycles. The lowest BCUT2D eigenvalue weighted by molar-refractivity contribution is 0.196. The third-order valence-electron chi connectivity index (χ3n) is 5.61. The van der Waals surface area contributed by atoms with E-state index in [1.54, 1.807) is 0 Å². The summed E-state index contributed by atoms with van der Waals surface area (Å²) in [6.07, 6.45) is 5.89. The van der Waals surface area contributed by atoms with Crippen molar-refractivity contribution in [2.24, 2.45) is 4.99 Å². The zero-order valence-electron chi connectivity index (χ0n) is 18.4. The highest BCUT2D eigenvalue weighted by Gasteiger charge is 2.20. The molecule has 1 fully saturated rings. The van der Waals surface area contributed by atoms with Crippen LogP contribution in [0.5, 0.6) is 0 Å². The number of guanidine groups is 1. The number of likely N-dealkylation sites (tertiary alicyclic amines) is 1. The van der Waals surface area contributed by atoms with Crippen LogP contribution in [-0.2, 0) is 13.1 Å². The summed E-state index contributed by atoms with van der Waals surface area (Å²) in [6, 6.07) is 21.0. The lowest BCUT2D eigenvalue weighted by Gasteiger charge is -2.32. The number of aliphatic imine (C=N–C) groups is 1. The Morgan fingerprint density at radius 1 is 1.00 bits per heavy atom. The van der Waals surface area contributed by atoms with Gasteiger partial charge in [-0.3, -0.25) is 19.9 Å². The van der Waals surface area contributed by atoms with Crippen molar-refractivity contribution in [3.05, 3.63) is 84.3 Å². The molecule has 168 valence electrons. The van der Waals surface area contributed by atoms with Crippen molar-refractivity contribution in [1.82, 2.24) is 25.5 Å². The molecule has 7 heteroatoms. The van der Waals surface area contributed by atoms with Gasteiger partial charge in [-0.25, -0.2) is 0 Å². The predicted molar refractivity (Wildman–Crippen MR) is 141 cm³/mol. The van der Waals surface area contributed by atoms with E-state index in [0.717, 1.165) is 61.9 Å². The second-order valence-electron chi connectivity index (χ2n) is 7.86. The normalized spacial score (nSPS) is 15.1. The van der Waals surface area contributed by atoms with E-state index in [0.29, 0.717) is 6.04 Å². The number of rotatable bonds is 6. The molecule has 1 aromatic carbocycles. The van der Waals surface area contributed by atoms with Gasteiger partial charge >= 0.3 is 0 Å². The van der Waals surface area contributed by atoms with Crippen LogP contribution in [0.4, 0.5) is 0 Å². The van der Waals surface area contributed by atoms with Crippen LogP contribution in [0.2, 0.25) is 0 Å². The van der Waals surface area contributed by atoms with E-state index < -0.39 is 0 Å². The second-order valence-corrected chi connectivity index (χ2v) is 7.86. The number of benzene rings is 1. The van der Waals surface area contributed by atoms with E-state index in [1.807, 2.05) is 43.7 Å². The topological polar surface area (TPSA) is 65.4 Å². The van der Waals surface area contributed by atoms with Crippen LogP contribution in [0.15, 0.2) is 78.0 Å². The molecule has 2 N–H and O–H groups in total. The van der Waals surface area contributed by atoms with Crippen LogP contribution in [0.3, 0.4) is 0 Å². The zero-order valence-corrected chi connectivity index (χ0v) is 20.8. The minimum atomic E-state index is 0. The first-order chi connectivity index (χ1) is 15.3. The average molecular weight is 542 g/mol. The molecule has 0 aliphatic carbocycles. The Morgan fingerprint density at radius 2 is 1.78 bits per heavy atom. The minimum absolute atomic E-state index is 0. The predicted octanol–water partition coefficient (Wildman–Crippen LogP) is 4.09. The number of piperidine rings is 1. The van der Waals surface area contributed by atoms with Crippen LogP contribution in [0.1, 0.15) is 24.1 Å². The molecule has 1 aliphatic rings. The first-order valence-electron chi connectivity index (χ1n) is 10.9. The van der Waals surface area contributed by atoms with Crippen LogP contribution < -0.4 is 10.6 Å². The molecule has 0 saturated carbocycles. The maximum Gasteiger partial charge on any atom is 0.191 e. The summed E-state index contributed by atoms with van der Waals surface area (Å²) in [5.41, 5.74) is 4.46. The number of pyridine rings is 2. The van der Waals surface area contributed by atoms with Crippen LogP contribution in [0, 0.1) is 0 Å². The van der Waals surface area contributed by atoms with Gasteiger partial charge in [-0.1, -0.05) is 30.3 Å². The Hall–Kier alpha value is -2.52. The highest BCUT2D eigenvalue weighted by Crippen LogP contribution is 2.18. The summed E-state index contributed by atoms with van der Waals surface area (Å²) in [7, 11) is 1.83. The van der Waals surface area contributed by atoms with E-state index in [1.165, 1.54) is 5.56 Å². The second kappa shape index (κ2) is 12.5. The quantitative estimate of drug-likeness (QED) is 0.279. The highest BCUT2D eigenvalue weighted by molar-refractivity contribution is 14.0. The molecule has 2 aromatic heterocycles. The molecular weight excluding hydrogens is 511 g/mol. The van der Waals surface area contributed by atoms with Crippen molar-refractivity contribution < 1.29 is 0 Å². The Morgan fingerprint density at radius 3 is 2.47 bits per heavy atom. The third kappa shape index (κ3) is 7.00. The van der Waals surface area contributed by atoms with Crippen molar-refractivity contribution >= 4 is 29.9 Å². The summed E-state index contributed by atoms with van der Waals surface area (Å²) in [6.45, 7) is 3.78. The van der Waals surface area contributed by atoms with Crippen molar-refractivity contribution in [3.8, 4) is 11.3 Å². The summed E-state index contributed by atoms with van der Waals surface area (Å²) in [4.78, 5) is 15.8. The van der Waals surface area contributed by atoms with Crippen molar-refractivity contribution in [3.63, 3.8) is 0 Å². The smallest absolute Gasteiger partial charge is 0.191 e. The molecule has 4 rings (SSSR count). The highest BCUT2D eigenvalue weighted by atomic mass is 127.